The summed E-state index contributed by atoms with van der Waals surface area (Å²) in [6.07, 6.45) is 2.71. The largest absolute Gasteiger partial charge is 0.341 e. The van der Waals surface area contributed by atoms with Crippen LogP contribution in [0.25, 0.3) is 11.1 Å². The zero-order valence-electron chi connectivity index (χ0n) is 16.3. The topological polar surface area (TPSA) is 66.5 Å². The van der Waals surface area contributed by atoms with E-state index >= 15 is 0 Å². The van der Waals surface area contributed by atoms with E-state index in [1.165, 1.54) is 22.3 Å². The normalized spacial score (nSPS) is 24.4. The van der Waals surface area contributed by atoms with Crippen LogP contribution in [0, 0.1) is 12.8 Å². The molecule has 0 spiro atoms. The molecule has 2 aromatic carbocycles. The molecule has 6 heteroatoms. The van der Waals surface area contributed by atoms with Crippen molar-refractivity contribution in [3.05, 3.63) is 59.7 Å². The molecule has 2 aliphatic rings. The van der Waals surface area contributed by atoms with Crippen LogP contribution in [0.1, 0.15) is 29.9 Å². The van der Waals surface area contributed by atoms with Crippen molar-refractivity contribution in [3.63, 3.8) is 0 Å². The molecule has 148 valence electrons. The van der Waals surface area contributed by atoms with E-state index in [9.17, 15) is 13.2 Å². The molecule has 5 nitrogen and oxygen atoms in total. The Hall–Kier alpha value is -2.18. The van der Waals surface area contributed by atoms with Crippen LogP contribution in [0.3, 0.4) is 0 Å². The monoisotopic (exact) mass is 398 g/mol. The first-order valence-electron chi connectivity index (χ1n) is 9.74. The fraction of sp³-hybridized carbons (Fsp3) is 0.409. The summed E-state index contributed by atoms with van der Waals surface area (Å²) in [6, 6.07) is 16.5. The summed E-state index contributed by atoms with van der Waals surface area (Å²) in [7, 11) is -3.24. The van der Waals surface area contributed by atoms with Gasteiger partial charge in [0.1, 0.15) is 0 Å². The van der Waals surface area contributed by atoms with Crippen LogP contribution < -0.4 is 4.72 Å². The summed E-state index contributed by atoms with van der Waals surface area (Å²) in [5.41, 5.74) is 4.88. The number of hydrogen-bond donors (Lipinski definition) is 1. The molecule has 28 heavy (non-hydrogen) atoms. The first-order chi connectivity index (χ1) is 13.3. The molecule has 2 aromatic rings. The molecule has 2 fully saturated rings. The molecular weight excluding hydrogens is 372 g/mol. The van der Waals surface area contributed by atoms with Crippen LogP contribution in [0.15, 0.2) is 48.5 Å². The van der Waals surface area contributed by atoms with E-state index in [0.29, 0.717) is 19.5 Å². The van der Waals surface area contributed by atoms with Gasteiger partial charge in [0.2, 0.25) is 15.9 Å². The van der Waals surface area contributed by atoms with Crippen molar-refractivity contribution >= 4 is 15.9 Å². The fourth-order valence-corrected chi connectivity index (χ4v) is 5.22. The number of benzene rings is 2. The number of carbonyl (C=O) groups excluding carboxylic acids is 1. The van der Waals surface area contributed by atoms with E-state index in [1.54, 1.807) is 0 Å². The summed E-state index contributed by atoms with van der Waals surface area (Å²) in [5.74, 6) is 0.399. The smallest absolute Gasteiger partial charge is 0.226 e. The number of amides is 1. The average molecular weight is 399 g/mol. The van der Waals surface area contributed by atoms with Crippen LogP contribution in [0.2, 0.25) is 0 Å². The minimum Gasteiger partial charge on any atom is -0.341 e. The van der Waals surface area contributed by atoms with Gasteiger partial charge in [-0.1, -0.05) is 48.5 Å². The van der Waals surface area contributed by atoms with Gasteiger partial charge in [0, 0.05) is 25.0 Å². The first kappa shape index (κ1) is 19.2. The Labute approximate surface area is 166 Å². The number of aryl methyl sites for hydroxylation is 1. The molecule has 3 atom stereocenters. The van der Waals surface area contributed by atoms with Gasteiger partial charge in [-0.25, -0.2) is 13.1 Å². The Balaban J connectivity index is 1.50. The van der Waals surface area contributed by atoms with Crippen molar-refractivity contribution in [1.82, 2.24) is 9.62 Å². The predicted molar refractivity (Wildman–Crippen MR) is 110 cm³/mol. The highest BCUT2D eigenvalue weighted by Crippen LogP contribution is 2.52. The Morgan fingerprint density at radius 1 is 1.11 bits per heavy atom. The van der Waals surface area contributed by atoms with E-state index < -0.39 is 10.0 Å². The Morgan fingerprint density at radius 2 is 1.86 bits per heavy atom. The Kier molecular flexibility index (Phi) is 5.02. The van der Waals surface area contributed by atoms with Crippen molar-refractivity contribution < 1.29 is 13.2 Å². The van der Waals surface area contributed by atoms with Crippen LogP contribution in [-0.4, -0.2) is 44.6 Å². The van der Waals surface area contributed by atoms with Crippen LogP contribution in [0.5, 0.6) is 0 Å². The van der Waals surface area contributed by atoms with Gasteiger partial charge in [0.15, 0.2) is 0 Å². The first-order valence-corrected chi connectivity index (χ1v) is 11.6. The number of carbonyl (C=O) groups is 1. The quantitative estimate of drug-likeness (QED) is 0.842. The molecule has 1 heterocycles. The highest BCUT2D eigenvalue weighted by Gasteiger charge is 2.48. The lowest BCUT2D eigenvalue weighted by Gasteiger charge is -2.18. The highest BCUT2D eigenvalue weighted by atomic mass is 32.2. The third-order valence-electron chi connectivity index (χ3n) is 5.77. The van der Waals surface area contributed by atoms with Gasteiger partial charge in [0.05, 0.1) is 6.26 Å². The third kappa shape index (κ3) is 3.98. The lowest BCUT2D eigenvalue weighted by Crippen LogP contribution is -2.38. The highest BCUT2D eigenvalue weighted by molar-refractivity contribution is 7.88. The van der Waals surface area contributed by atoms with Crippen molar-refractivity contribution in [1.29, 1.82) is 0 Å². The van der Waals surface area contributed by atoms with Crippen molar-refractivity contribution in [2.45, 2.75) is 31.7 Å². The summed E-state index contributed by atoms with van der Waals surface area (Å²) < 4.78 is 25.5. The van der Waals surface area contributed by atoms with Crippen molar-refractivity contribution in [2.75, 3.05) is 19.3 Å². The molecule has 1 saturated heterocycles. The molecule has 1 amide bonds. The number of sulfonamides is 1. The van der Waals surface area contributed by atoms with Gasteiger partial charge in [-0.05, 0) is 47.9 Å². The van der Waals surface area contributed by atoms with E-state index in [2.05, 4.69) is 42.0 Å². The Bertz CT molecular complexity index is 988. The van der Waals surface area contributed by atoms with Crippen LogP contribution in [-0.2, 0) is 14.8 Å². The van der Waals surface area contributed by atoms with Gasteiger partial charge in [-0.2, -0.15) is 0 Å². The maximum Gasteiger partial charge on any atom is 0.226 e. The second-order valence-corrected chi connectivity index (χ2v) is 9.79. The third-order valence-corrected chi connectivity index (χ3v) is 6.53. The fourth-order valence-electron chi connectivity index (χ4n) is 4.42. The maximum atomic E-state index is 13.0. The number of nitrogens with one attached hydrogen (secondary N) is 1. The maximum absolute atomic E-state index is 13.0. The summed E-state index contributed by atoms with van der Waals surface area (Å²) >= 11 is 0. The number of hydrogen-bond acceptors (Lipinski definition) is 3. The van der Waals surface area contributed by atoms with E-state index in [-0.39, 0.29) is 23.8 Å². The second kappa shape index (κ2) is 7.33. The van der Waals surface area contributed by atoms with E-state index in [1.807, 2.05) is 23.1 Å². The number of rotatable bonds is 5. The molecular formula is C22H26N2O3S. The molecule has 0 unspecified atom stereocenters. The van der Waals surface area contributed by atoms with Gasteiger partial charge in [-0.15, -0.1) is 0 Å². The molecule has 1 aliphatic heterocycles. The second-order valence-electron chi connectivity index (χ2n) is 8.01. The molecule has 0 aromatic heterocycles. The van der Waals surface area contributed by atoms with E-state index in [4.69, 9.17) is 0 Å². The van der Waals surface area contributed by atoms with Crippen molar-refractivity contribution in [3.8, 4) is 11.1 Å². The van der Waals surface area contributed by atoms with E-state index in [0.717, 1.165) is 12.7 Å². The zero-order valence-corrected chi connectivity index (χ0v) is 17.1. The lowest BCUT2D eigenvalue weighted by atomic mass is 9.92. The van der Waals surface area contributed by atoms with Gasteiger partial charge < -0.3 is 4.90 Å². The number of likely N-dealkylation sites (tertiary alicyclic amines) is 1. The summed E-state index contributed by atoms with van der Waals surface area (Å²) in [4.78, 5) is 14.8. The molecule has 1 N–H and O–H groups in total. The number of nitrogens with zero attached hydrogens (tertiary/aromatic N) is 1. The predicted octanol–water partition coefficient (Wildman–Crippen LogP) is 2.92. The molecule has 0 bridgehead atoms. The zero-order chi connectivity index (χ0) is 19.9. The summed E-state index contributed by atoms with van der Waals surface area (Å²) in [5, 5.41) is 0. The molecule has 1 aliphatic carbocycles. The molecule has 0 radical (unpaired) electrons. The molecule has 1 saturated carbocycles. The van der Waals surface area contributed by atoms with Crippen LogP contribution >= 0.6 is 0 Å². The lowest BCUT2D eigenvalue weighted by molar-refractivity contribution is -0.131. The average Bonchev–Trinajstić information content (AvgIpc) is 3.31. The minimum atomic E-state index is -3.24. The van der Waals surface area contributed by atoms with Crippen molar-refractivity contribution in [2.24, 2.45) is 5.92 Å². The van der Waals surface area contributed by atoms with Crippen LogP contribution in [0.4, 0.5) is 0 Å². The standard InChI is InChI=1S/C22H26N2O3S/c1-15-7-6-10-18(16-8-4-3-5-9-16)21(15)19-13-20(19)22(25)24-12-11-17(14-24)23-28(2,26)27/h3-10,17,19-20,23H,11-14H2,1-2H3/t17-,19+,20+/m0/s1. The van der Waals surface area contributed by atoms with Gasteiger partial charge in [-0.3, -0.25) is 4.79 Å². The minimum absolute atomic E-state index is 0.000505. The Morgan fingerprint density at radius 3 is 2.57 bits per heavy atom. The van der Waals surface area contributed by atoms with Gasteiger partial charge >= 0.3 is 0 Å². The van der Waals surface area contributed by atoms with Gasteiger partial charge in [0.25, 0.3) is 0 Å². The summed E-state index contributed by atoms with van der Waals surface area (Å²) in [6.45, 7) is 3.20. The molecule has 4 rings (SSSR count). The SMILES string of the molecule is Cc1cccc(-c2ccccc2)c1[C@@H]1C[C@H]1C(=O)N1CC[C@H](NS(C)(=O)=O)C1.